The molecule has 0 unspecified atom stereocenters. The molecule has 0 N–H and O–H groups in total. The van der Waals surface area contributed by atoms with Gasteiger partial charge in [0.25, 0.3) is 0 Å². The summed E-state index contributed by atoms with van der Waals surface area (Å²) in [6.45, 7) is 8.59. The van der Waals surface area contributed by atoms with Crippen molar-refractivity contribution >= 4 is 0 Å². The lowest BCUT2D eigenvalue weighted by Crippen LogP contribution is -2.48. The van der Waals surface area contributed by atoms with Gasteiger partial charge in [-0.05, 0) is 107 Å². The molecule has 0 amide bonds. The Bertz CT molecular complexity index is 734. The van der Waals surface area contributed by atoms with Gasteiger partial charge in [-0.15, -0.1) is 0 Å². The Kier molecular flexibility index (Phi) is 8.51. The highest BCUT2D eigenvalue weighted by Crippen LogP contribution is 2.25. The molecule has 0 saturated carbocycles. The van der Waals surface area contributed by atoms with Gasteiger partial charge in [0.05, 0.1) is 0 Å². The van der Waals surface area contributed by atoms with Gasteiger partial charge in [-0.3, -0.25) is 9.88 Å². The summed E-state index contributed by atoms with van der Waals surface area (Å²) in [5, 5.41) is 0. The molecule has 0 spiro atoms. The fraction of sp³-hybridized carbons (Fsp3) is 0.593. The second-order valence-corrected chi connectivity index (χ2v) is 9.69. The maximum absolute atomic E-state index is 4.20. The fourth-order valence-corrected chi connectivity index (χ4v) is 5.36. The summed E-state index contributed by atoms with van der Waals surface area (Å²) in [4.78, 5) is 12.2. The molecule has 4 rings (SSSR count). The number of pyridine rings is 1. The highest BCUT2D eigenvalue weighted by atomic mass is 15.2. The van der Waals surface area contributed by atoms with Gasteiger partial charge in [0.15, 0.2) is 0 Å². The van der Waals surface area contributed by atoms with Crippen molar-refractivity contribution in [2.75, 3.05) is 46.3 Å². The minimum absolute atomic E-state index is 0.830. The van der Waals surface area contributed by atoms with Crippen molar-refractivity contribution in [3.8, 4) is 0 Å². The smallest absolute Gasteiger partial charge is 0.0271 e. The normalized spacial score (nSPS) is 19.8. The van der Waals surface area contributed by atoms with Crippen LogP contribution < -0.4 is 0 Å². The summed E-state index contributed by atoms with van der Waals surface area (Å²) in [5.74, 6) is 0.834. The van der Waals surface area contributed by atoms with E-state index in [-0.39, 0.29) is 0 Å². The Hall–Kier alpha value is -1.75. The van der Waals surface area contributed by atoms with Crippen molar-refractivity contribution < 1.29 is 0 Å². The second kappa shape index (κ2) is 11.8. The Balaban J connectivity index is 1.27. The van der Waals surface area contributed by atoms with Crippen LogP contribution in [0.15, 0.2) is 54.9 Å². The molecule has 3 heterocycles. The lowest BCUT2D eigenvalue weighted by molar-refractivity contribution is 0.0737. The van der Waals surface area contributed by atoms with Crippen LogP contribution in [0.25, 0.3) is 0 Å². The number of aryl methyl sites for hydroxylation is 1. The van der Waals surface area contributed by atoms with E-state index >= 15 is 0 Å². The molecular weight excluding hydrogens is 380 g/mol. The average molecular weight is 421 g/mol. The number of likely N-dealkylation sites (tertiary alicyclic amines) is 2. The second-order valence-electron chi connectivity index (χ2n) is 9.69. The average Bonchev–Trinajstić information content (AvgIpc) is 2.81. The molecule has 0 atom stereocenters. The summed E-state index contributed by atoms with van der Waals surface area (Å²) in [6.07, 6.45) is 11.7. The standard InChI is InChI=1S/C27H40N4/c1-29-18-13-27(14-19-29)31-20-11-26(12-21-31)23-30(22-25-9-15-28-16-10-25)17-5-8-24-6-3-2-4-7-24/h2-4,6-7,9-10,15-16,26-27H,5,8,11-14,17-23H2,1H3. The maximum atomic E-state index is 4.20. The van der Waals surface area contributed by atoms with E-state index in [1.54, 1.807) is 0 Å². The molecule has 0 aliphatic carbocycles. The highest BCUT2D eigenvalue weighted by molar-refractivity contribution is 5.14. The number of hydrogen-bond acceptors (Lipinski definition) is 4. The molecule has 2 fully saturated rings. The quantitative estimate of drug-likeness (QED) is 0.602. The van der Waals surface area contributed by atoms with E-state index in [1.165, 1.54) is 88.9 Å². The van der Waals surface area contributed by atoms with Crippen molar-refractivity contribution in [2.24, 2.45) is 5.92 Å². The molecule has 0 radical (unpaired) electrons. The zero-order valence-electron chi connectivity index (χ0n) is 19.3. The van der Waals surface area contributed by atoms with Crippen molar-refractivity contribution in [2.45, 2.75) is 51.1 Å². The van der Waals surface area contributed by atoms with Gasteiger partial charge in [0, 0.05) is 31.5 Å². The van der Waals surface area contributed by atoms with Gasteiger partial charge in [-0.2, -0.15) is 0 Å². The van der Waals surface area contributed by atoms with E-state index in [1.807, 2.05) is 12.4 Å². The molecule has 168 valence electrons. The number of benzene rings is 1. The third-order valence-electron chi connectivity index (χ3n) is 7.31. The van der Waals surface area contributed by atoms with Crippen LogP contribution in [0.2, 0.25) is 0 Å². The molecule has 2 aliphatic rings. The monoisotopic (exact) mass is 420 g/mol. The van der Waals surface area contributed by atoms with E-state index in [0.717, 1.165) is 18.5 Å². The lowest BCUT2D eigenvalue weighted by atomic mass is 9.93. The van der Waals surface area contributed by atoms with Crippen LogP contribution in [0.5, 0.6) is 0 Å². The van der Waals surface area contributed by atoms with Crippen LogP contribution in [0.1, 0.15) is 43.2 Å². The fourth-order valence-electron chi connectivity index (χ4n) is 5.36. The zero-order valence-corrected chi connectivity index (χ0v) is 19.3. The van der Waals surface area contributed by atoms with E-state index in [2.05, 4.69) is 69.2 Å². The van der Waals surface area contributed by atoms with Gasteiger partial charge in [0.2, 0.25) is 0 Å². The highest BCUT2D eigenvalue weighted by Gasteiger charge is 2.28. The van der Waals surface area contributed by atoms with E-state index in [9.17, 15) is 0 Å². The van der Waals surface area contributed by atoms with Crippen LogP contribution in [0.3, 0.4) is 0 Å². The third-order valence-corrected chi connectivity index (χ3v) is 7.31. The number of nitrogens with zero attached hydrogens (tertiary/aromatic N) is 4. The van der Waals surface area contributed by atoms with Crippen LogP contribution in [0, 0.1) is 5.92 Å². The summed E-state index contributed by atoms with van der Waals surface area (Å²) < 4.78 is 0. The van der Waals surface area contributed by atoms with Gasteiger partial charge >= 0.3 is 0 Å². The van der Waals surface area contributed by atoms with E-state index in [0.29, 0.717) is 0 Å². The van der Waals surface area contributed by atoms with Crippen molar-refractivity contribution in [1.29, 1.82) is 0 Å². The van der Waals surface area contributed by atoms with Gasteiger partial charge in [-0.25, -0.2) is 0 Å². The molecule has 1 aromatic heterocycles. The topological polar surface area (TPSA) is 22.6 Å². The summed E-state index contributed by atoms with van der Waals surface area (Å²) in [5.41, 5.74) is 2.84. The molecule has 2 saturated heterocycles. The Morgan fingerprint density at radius 2 is 1.58 bits per heavy atom. The first-order chi connectivity index (χ1) is 15.3. The summed E-state index contributed by atoms with van der Waals surface area (Å²) in [6, 6.07) is 16.1. The summed E-state index contributed by atoms with van der Waals surface area (Å²) in [7, 11) is 2.26. The van der Waals surface area contributed by atoms with Gasteiger partial charge in [-0.1, -0.05) is 30.3 Å². The van der Waals surface area contributed by atoms with Crippen LogP contribution in [0.4, 0.5) is 0 Å². The van der Waals surface area contributed by atoms with Crippen LogP contribution >= 0.6 is 0 Å². The molecule has 2 aromatic rings. The van der Waals surface area contributed by atoms with Crippen molar-refractivity contribution in [3.05, 3.63) is 66.0 Å². The number of aromatic nitrogens is 1. The lowest BCUT2D eigenvalue weighted by Gasteiger charge is -2.42. The predicted octanol–water partition coefficient (Wildman–Crippen LogP) is 4.32. The SMILES string of the molecule is CN1CCC(N2CCC(CN(CCCc3ccccc3)Cc3ccncc3)CC2)CC1. The van der Waals surface area contributed by atoms with Crippen molar-refractivity contribution in [3.63, 3.8) is 0 Å². The molecule has 4 heteroatoms. The zero-order chi connectivity index (χ0) is 21.3. The van der Waals surface area contributed by atoms with Gasteiger partial charge in [0.1, 0.15) is 0 Å². The predicted molar refractivity (Wildman–Crippen MR) is 129 cm³/mol. The Morgan fingerprint density at radius 1 is 0.871 bits per heavy atom. The summed E-state index contributed by atoms with van der Waals surface area (Å²) >= 11 is 0. The largest absolute Gasteiger partial charge is 0.306 e. The molecule has 2 aliphatic heterocycles. The molecule has 31 heavy (non-hydrogen) atoms. The van der Waals surface area contributed by atoms with Crippen molar-refractivity contribution in [1.82, 2.24) is 19.7 Å². The van der Waals surface area contributed by atoms with Crippen LogP contribution in [-0.2, 0) is 13.0 Å². The van der Waals surface area contributed by atoms with E-state index < -0.39 is 0 Å². The molecule has 0 bridgehead atoms. The van der Waals surface area contributed by atoms with Gasteiger partial charge < -0.3 is 9.80 Å². The van der Waals surface area contributed by atoms with E-state index in [4.69, 9.17) is 0 Å². The number of hydrogen-bond donors (Lipinski definition) is 0. The minimum atomic E-state index is 0.830. The Morgan fingerprint density at radius 3 is 2.29 bits per heavy atom. The molecular formula is C27H40N4. The molecule has 4 nitrogen and oxygen atoms in total. The van der Waals surface area contributed by atoms with Crippen LogP contribution in [-0.4, -0.2) is 72.0 Å². The minimum Gasteiger partial charge on any atom is -0.306 e. The Labute approximate surface area is 189 Å². The first-order valence-corrected chi connectivity index (χ1v) is 12.3. The third kappa shape index (κ3) is 7.13. The maximum Gasteiger partial charge on any atom is 0.0271 e. The number of piperidine rings is 2. The first-order valence-electron chi connectivity index (χ1n) is 12.3. The number of rotatable bonds is 9. The molecule has 1 aromatic carbocycles. The first kappa shape index (κ1) is 22.4.